The van der Waals surface area contributed by atoms with E-state index >= 15 is 0 Å². The van der Waals surface area contributed by atoms with Gasteiger partial charge in [-0.2, -0.15) is 0 Å². The topological polar surface area (TPSA) is 123 Å². The highest BCUT2D eigenvalue weighted by Crippen LogP contribution is 2.22. The maximum absolute atomic E-state index is 13.2. The number of aromatic nitrogens is 3. The van der Waals surface area contributed by atoms with Crippen molar-refractivity contribution in [2.45, 2.75) is 19.9 Å². The van der Waals surface area contributed by atoms with Gasteiger partial charge < -0.3 is 16.2 Å². The van der Waals surface area contributed by atoms with E-state index in [1.54, 1.807) is 35.0 Å². The molecule has 31 heavy (non-hydrogen) atoms. The smallest absolute Gasteiger partial charge is 0.307 e. The molecule has 0 bridgehead atoms. The average molecular weight is 415 g/mol. The lowest BCUT2D eigenvalue weighted by molar-refractivity contribution is -0.136. The van der Waals surface area contributed by atoms with E-state index < -0.39 is 11.9 Å². The normalized spacial score (nSPS) is 10.9. The van der Waals surface area contributed by atoms with E-state index in [0.29, 0.717) is 29.1 Å². The second-order valence-corrected chi connectivity index (χ2v) is 7.21. The van der Waals surface area contributed by atoms with E-state index in [1.807, 2.05) is 37.3 Å². The highest BCUT2D eigenvalue weighted by Gasteiger charge is 2.18. The fraction of sp³-hybridized carbons (Fsp3) is 0.130. The van der Waals surface area contributed by atoms with Crippen LogP contribution in [0.3, 0.4) is 0 Å². The quantitative estimate of drug-likeness (QED) is 0.445. The standard InChI is InChI=1S/C23H21N5O3/c1-14-7-8-16(12-20(29)30)18(10-14)25-23(31)21-19-6-3-9-28(19)27-22(26-21)17-5-2-4-15(11-17)13-24/h2-11H,12-13,24H2,1H3,(H,25,31)(H,29,30). The molecule has 0 aliphatic heterocycles. The second-order valence-electron chi connectivity index (χ2n) is 7.21. The maximum Gasteiger partial charge on any atom is 0.307 e. The Morgan fingerprint density at radius 2 is 1.97 bits per heavy atom. The van der Waals surface area contributed by atoms with Crippen LogP contribution in [0, 0.1) is 6.92 Å². The van der Waals surface area contributed by atoms with E-state index in [4.69, 9.17) is 5.73 Å². The number of benzene rings is 2. The number of aryl methyl sites for hydroxylation is 1. The lowest BCUT2D eigenvalue weighted by Gasteiger charge is -2.12. The molecule has 0 saturated carbocycles. The van der Waals surface area contributed by atoms with Crippen LogP contribution in [0.4, 0.5) is 5.69 Å². The Balaban J connectivity index is 1.76. The van der Waals surface area contributed by atoms with Crippen LogP contribution in [0.15, 0.2) is 60.8 Å². The van der Waals surface area contributed by atoms with Gasteiger partial charge in [-0.3, -0.25) is 9.59 Å². The zero-order valence-corrected chi connectivity index (χ0v) is 16.9. The summed E-state index contributed by atoms with van der Waals surface area (Å²) in [4.78, 5) is 28.9. The molecule has 4 N–H and O–H groups in total. The van der Waals surface area contributed by atoms with Crippen LogP contribution in [-0.2, 0) is 17.8 Å². The second kappa shape index (κ2) is 8.37. The number of carbonyl (C=O) groups is 2. The molecule has 0 aliphatic carbocycles. The average Bonchev–Trinajstić information content (AvgIpc) is 3.23. The Hall–Kier alpha value is -4.04. The Morgan fingerprint density at radius 1 is 1.13 bits per heavy atom. The molecule has 2 aromatic carbocycles. The number of carbonyl (C=O) groups excluding carboxylic acids is 1. The summed E-state index contributed by atoms with van der Waals surface area (Å²) in [7, 11) is 0. The first-order chi connectivity index (χ1) is 14.9. The number of carboxylic acid groups (broad SMARTS) is 1. The van der Waals surface area contributed by atoms with Gasteiger partial charge in [0.1, 0.15) is 0 Å². The van der Waals surface area contributed by atoms with Gasteiger partial charge in [0, 0.05) is 24.0 Å². The van der Waals surface area contributed by atoms with Crippen LogP contribution in [0.25, 0.3) is 16.9 Å². The van der Waals surface area contributed by atoms with Crippen LogP contribution in [0.5, 0.6) is 0 Å². The number of anilines is 1. The van der Waals surface area contributed by atoms with E-state index in [-0.39, 0.29) is 12.1 Å². The lowest BCUT2D eigenvalue weighted by atomic mass is 10.1. The van der Waals surface area contributed by atoms with Gasteiger partial charge in [0.15, 0.2) is 11.5 Å². The molecule has 0 radical (unpaired) electrons. The summed E-state index contributed by atoms with van der Waals surface area (Å²) in [5.74, 6) is -1.03. The first-order valence-electron chi connectivity index (χ1n) is 9.72. The van der Waals surface area contributed by atoms with Gasteiger partial charge in [0.25, 0.3) is 5.91 Å². The summed E-state index contributed by atoms with van der Waals surface area (Å²) in [6.07, 6.45) is 1.55. The zero-order chi connectivity index (χ0) is 22.0. The van der Waals surface area contributed by atoms with Gasteiger partial charge in [-0.1, -0.05) is 30.3 Å². The van der Waals surface area contributed by atoms with Gasteiger partial charge in [-0.15, -0.1) is 5.10 Å². The highest BCUT2D eigenvalue weighted by molar-refractivity contribution is 6.08. The Labute approximate surface area is 178 Å². The molecule has 2 heterocycles. The minimum atomic E-state index is -0.975. The number of nitrogens with zero attached hydrogens (tertiary/aromatic N) is 3. The van der Waals surface area contributed by atoms with Gasteiger partial charge >= 0.3 is 5.97 Å². The molecule has 0 atom stereocenters. The van der Waals surface area contributed by atoms with Crippen LogP contribution in [0.1, 0.15) is 27.2 Å². The number of aliphatic carboxylic acids is 1. The first-order valence-corrected chi connectivity index (χ1v) is 9.72. The van der Waals surface area contributed by atoms with Crippen molar-refractivity contribution in [3.8, 4) is 11.4 Å². The third-order valence-electron chi connectivity index (χ3n) is 4.88. The predicted octanol–water partition coefficient (Wildman–Crippen LogP) is 3.04. The van der Waals surface area contributed by atoms with Gasteiger partial charge in [0.2, 0.25) is 0 Å². The van der Waals surface area contributed by atoms with Crippen LogP contribution in [-0.4, -0.2) is 31.6 Å². The molecule has 0 spiro atoms. The Kier molecular flexibility index (Phi) is 5.46. The Bertz CT molecular complexity index is 1300. The fourth-order valence-corrected chi connectivity index (χ4v) is 3.37. The fourth-order valence-electron chi connectivity index (χ4n) is 3.37. The van der Waals surface area contributed by atoms with Crippen molar-refractivity contribution in [3.63, 3.8) is 0 Å². The number of amides is 1. The summed E-state index contributed by atoms with van der Waals surface area (Å²) in [5, 5.41) is 16.5. The van der Waals surface area contributed by atoms with Crippen molar-refractivity contribution >= 4 is 23.1 Å². The van der Waals surface area contributed by atoms with Crippen molar-refractivity contribution in [1.82, 2.24) is 14.6 Å². The third kappa shape index (κ3) is 4.29. The summed E-state index contributed by atoms with van der Waals surface area (Å²) >= 11 is 0. The van der Waals surface area contributed by atoms with Crippen molar-refractivity contribution in [3.05, 3.63) is 83.2 Å². The molecular weight excluding hydrogens is 394 g/mol. The first kappa shape index (κ1) is 20.2. The summed E-state index contributed by atoms with van der Waals surface area (Å²) in [5.41, 5.74) is 10.0. The van der Waals surface area contributed by atoms with E-state index in [1.165, 1.54) is 0 Å². The molecule has 0 fully saturated rings. The number of rotatable bonds is 6. The van der Waals surface area contributed by atoms with Gasteiger partial charge in [0.05, 0.1) is 11.9 Å². The Morgan fingerprint density at radius 3 is 2.74 bits per heavy atom. The highest BCUT2D eigenvalue weighted by atomic mass is 16.4. The van der Waals surface area contributed by atoms with Crippen molar-refractivity contribution in [2.24, 2.45) is 5.73 Å². The van der Waals surface area contributed by atoms with Gasteiger partial charge in [-0.25, -0.2) is 9.50 Å². The van der Waals surface area contributed by atoms with Crippen LogP contribution >= 0.6 is 0 Å². The van der Waals surface area contributed by atoms with E-state index in [2.05, 4.69) is 15.4 Å². The number of carboxylic acids is 1. The minimum absolute atomic E-state index is 0.191. The molecule has 0 saturated heterocycles. The number of hydrogen-bond acceptors (Lipinski definition) is 5. The molecule has 8 heteroatoms. The van der Waals surface area contributed by atoms with E-state index in [0.717, 1.165) is 16.7 Å². The maximum atomic E-state index is 13.2. The minimum Gasteiger partial charge on any atom is -0.481 e. The zero-order valence-electron chi connectivity index (χ0n) is 16.9. The van der Waals surface area contributed by atoms with Crippen molar-refractivity contribution in [1.29, 1.82) is 0 Å². The monoisotopic (exact) mass is 415 g/mol. The molecule has 156 valence electrons. The molecule has 0 aliphatic rings. The molecule has 1 amide bonds. The molecule has 8 nitrogen and oxygen atoms in total. The lowest BCUT2D eigenvalue weighted by Crippen LogP contribution is -2.18. The largest absolute Gasteiger partial charge is 0.481 e. The van der Waals surface area contributed by atoms with Crippen molar-refractivity contribution in [2.75, 3.05) is 5.32 Å². The van der Waals surface area contributed by atoms with Crippen molar-refractivity contribution < 1.29 is 14.7 Å². The summed E-state index contributed by atoms with van der Waals surface area (Å²) in [6.45, 7) is 2.26. The molecular formula is C23H21N5O3. The summed E-state index contributed by atoms with van der Waals surface area (Å²) < 4.78 is 1.60. The molecule has 0 unspecified atom stereocenters. The third-order valence-corrected chi connectivity index (χ3v) is 4.88. The predicted molar refractivity (Wildman–Crippen MR) is 117 cm³/mol. The summed E-state index contributed by atoms with van der Waals surface area (Å²) in [6, 6.07) is 16.3. The van der Waals surface area contributed by atoms with Crippen LogP contribution in [0.2, 0.25) is 0 Å². The number of nitrogens with one attached hydrogen (secondary N) is 1. The number of fused-ring (bicyclic) bond motifs is 1. The van der Waals surface area contributed by atoms with E-state index in [9.17, 15) is 14.7 Å². The van der Waals surface area contributed by atoms with Gasteiger partial charge in [-0.05, 0) is 47.9 Å². The SMILES string of the molecule is Cc1ccc(CC(=O)O)c(NC(=O)c2nc(-c3cccc(CN)c3)nn3cccc23)c1. The molecule has 4 aromatic rings. The molecule has 2 aromatic heterocycles. The number of hydrogen-bond donors (Lipinski definition) is 3. The molecule has 4 rings (SSSR count). The van der Waals surface area contributed by atoms with Crippen LogP contribution < -0.4 is 11.1 Å². The number of nitrogens with two attached hydrogens (primary N) is 1.